The van der Waals surface area contributed by atoms with E-state index in [4.69, 9.17) is 5.73 Å². The molecule has 0 aromatic carbocycles. The second-order valence-electron chi connectivity index (χ2n) is 3.19. The molecule has 1 aromatic rings. The van der Waals surface area contributed by atoms with Gasteiger partial charge in [-0.2, -0.15) is 5.10 Å². The fraction of sp³-hybridized carbons (Fsp3) is 0.444. The molecule has 0 spiro atoms. The van der Waals surface area contributed by atoms with Gasteiger partial charge in [0.2, 0.25) is 0 Å². The minimum Gasteiger partial charge on any atom is -0.323 e. The number of hydrogen-bond acceptors (Lipinski definition) is 2. The summed E-state index contributed by atoms with van der Waals surface area (Å²) in [6, 6.07) is 0.00398. The van der Waals surface area contributed by atoms with E-state index >= 15 is 0 Å². The van der Waals surface area contributed by atoms with Gasteiger partial charge in [0, 0.05) is 12.2 Å². The van der Waals surface area contributed by atoms with Crippen LogP contribution in [-0.4, -0.2) is 15.8 Å². The van der Waals surface area contributed by atoms with E-state index in [0.29, 0.717) is 6.54 Å². The summed E-state index contributed by atoms with van der Waals surface area (Å²) in [5.41, 5.74) is 7.94. The molecule has 2 N–H and O–H groups in total. The zero-order chi connectivity index (χ0) is 9.14. The molecule has 1 atom stereocenters. The van der Waals surface area contributed by atoms with Crippen LogP contribution in [-0.2, 0) is 6.54 Å². The summed E-state index contributed by atoms with van der Waals surface area (Å²) in [5.74, 6) is 0. The van der Waals surface area contributed by atoms with E-state index in [9.17, 15) is 0 Å². The third kappa shape index (κ3) is 2.20. The van der Waals surface area contributed by atoms with Crippen LogP contribution in [0.25, 0.3) is 0 Å². The van der Waals surface area contributed by atoms with Gasteiger partial charge < -0.3 is 5.73 Å². The Kier molecular flexibility index (Phi) is 2.65. The predicted molar refractivity (Wildman–Crippen MR) is 49.8 cm³/mol. The molecule has 0 fully saturated rings. The monoisotopic (exact) mass is 165 g/mol. The largest absolute Gasteiger partial charge is 0.323 e. The van der Waals surface area contributed by atoms with Gasteiger partial charge in [0.15, 0.2) is 0 Å². The molecular formula is C9H15N3. The number of nitrogens with two attached hydrogens (primary N) is 1. The van der Waals surface area contributed by atoms with Gasteiger partial charge in [-0.1, -0.05) is 12.2 Å². The summed E-state index contributed by atoms with van der Waals surface area (Å²) in [6.07, 6.45) is 3.80. The van der Waals surface area contributed by atoms with E-state index in [1.807, 2.05) is 30.9 Å². The Labute approximate surface area is 72.9 Å². The van der Waals surface area contributed by atoms with Gasteiger partial charge in [-0.25, -0.2) is 0 Å². The highest BCUT2D eigenvalue weighted by molar-refractivity contribution is 5.03. The van der Waals surface area contributed by atoms with Crippen LogP contribution in [0.5, 0.6) is 0 Å². The van der Waals surface area contributed by atoms with Gasteiger partial charge in [-0.3, -0.25) is 4.68 Å². The fourth-order valence-corrected chi connectivity index (χ4v) is 0.924. The maximum Gasteiger partial charge on any atom is 0.0599 e. The predicted octanol–water partition coefficient (Wildman–Crippen LogP) is 1.09. The lowest BCUT2D eigenvalue weighted by Crippen LogP contribution is -2.27. The van der Waals surface area contributed by atoms with Crippen LogP contribution in [0.1, 0.15) is 12.5 Å². The molecule has 0 saturated heterocycles. The van der Waals surface area contributed by atoms with Gasteiger partial charge in [-0.05, 0) is 19.4 Å². The van der Waals surface area contributed by atoms with E-state index in [1.54, 1.807) is 0 Å². The summed E-state index contributed by atoms with van der Waals surface area (Å²) >= 11 is 0. The van der Waals surface area contributed by atoms with Crippen molar-refractivity contribution in [1.29, 1.82) is 0 Å². The smallest absolute Gasteiger partial charge is 0.0599 e. The van der Waals surface area contributed by atoms with E-state index in [-0.39, 0.29) is 6.04 Å². The normalized spacial score (nSPS) is 12.9. The molecule has 66 valence electrons. The summed E-state index contributed by atoms with van der Waals surface area (Å²) in [5, 5.41) is 4.13. The van der Waals surface area contributed by atoms with Gasteiger partial charge >= 0.3 is 0 Å². The van der Waals surface area contributed by atoms with E-state index in [1.165, 1.54) is 0 Å². The summed E-state index contributed by atoms with van der Waals surface area (Å²) in [7, 11) is 0. The molecule has 0 aliphatic carbocycles. The van der Waals surface area contributed by atoms with Crippen LogP contribution >= 0.6 is 0 Å². The molecule has 0 amide bonds. The first-order valence-corrected chi connectivity index (χ1v) is 3.99. The standard InChI is InChI=1S/C9H15N3/c1-7(2)9(10)6-12-5-8(3)4-11-12/h4-5,9H,1,6,10H2,2-3H3. The molecule has 0 saturated carbocycles. The van der Waals surface area contributed by atoms with Crippen LogP contribution < -0.4 is 5.73 Å². The fourth-order valence-electron chi connectivity index (χ4n) is 0.924. The van der Waals surface area contributed by atoms with Gasteiger partial charge in [0.05, 0.1) is 12.7 Å². The van der Waals surface area contributed by atoms with Crippen molar-refractivity contribution in [2.24, 2.45) is 5.73 Å². The van der Waals surface area contributed by atoms with E-state index in [2.05, 4.69) is 11.7 Å². The molecule has 12 heavy (non-hydrogen) atoms. The lowest BCUT2D eigenvalue weighted by molar-refractivity contribution is 0.553. The van der Waals surface area contributed by atoms with Gasteiger partial charge in [0.25, 0.3) is 0 Å². The topological polar surface area (TPSA) is 43.8 Å². The SMILES string of the molecule is C=C(C)C(N)Cn1cc(C)cn1. The van der Waals surface area contributed by atoms with Crippen molar-refractivity contribution < 1.29 is 0 Å². The third-order valence-corrected chi connectivity index (χ3v) is 1.78. The van der Waals surface area contributed by atoms with Crippen LogP contribution in [0, 0.1) is 6.92 Å². The number of hydrogen-bond donors (Lipinski definition) is 1. The van der Waals surface area contributed by atoms with Crippen molar-refractivity contribution in [2.75, 3.05) is 0 Å². The third-order valence-electron chi connectivity index (χ3n) is 1.78. The average molecular weight is 165 g/mol. The van der Waals surface area contributed by atoms with Crippen molar-refractivity contribution >= 4 is 0 Å². The van der Waals surface area contributed by atoms with E-state index < -0.39 is 0 Å². The molecule has 1 heterocycles. The number of nitrogens with zero attached hydrogens (tertiary/aromatic N) is 2. The van der Waals surface area contributed by atoms with Crippen molar-refractivity contribution in [1.82, 2.24) is 9.78 Å². The zero-order valence-electron chi connectivity index (χ0n) is 7.62. The maximum absolute atomic E-state index is 5.80. The van der Waals surface area contributed by atoms with Crippen LogP contribution in [0.3, 0.4) is 0 Å². The zero-order valence-corrected chi connectivity index (χ0v) is 7.62. The van der Waals surface area contributed by atoms with Crippen molar-refractivity contribution in [3.63, 3.8) is 0 Å². The number of aromatic nitrogens is 2. The lowest BCUT2D eigenvalue weighted by Gasteiger charge is -2.10. The van der Waals surface area contributed by atoms with Crippen molar-refractivity contribution in [3.8, 4) is 0 Å². The average Bonchev–Trinajstić information content (AvgIpc) is 2.35. The van der Waals surface area contributed by atoms with Crippen molar-refractivity contribution in [3.05, 3.63) is 30.1 Å². The Hall–Kier alpha value is -1.09. The highest BCUT2D eigenvalue weighted by Gasteiger charge is 2.03. The Morgan fingerprint density at radius 1 is 1.83 bits per heavy atom. The highest BCUT2D eigenvalue weighted by Crippen LogP contribution is 2.00. The first-order chi connectivity index (χ1) is 5.59. The quantitative estimate of drug-likeness (QED) is 0.681. The molecule has 1 aromatic heterocycles. The molecule has 0 radical (unpaired) electrons. The number of rotatable bonds is 3. The van der Waals surface area contributed by atoms with Crippen LogP contribution in [0.4, 0.5) is 0 Å². The summed E-state index contributed by atoms with van der Waals surface area (Å²) in [6.45, 7) is 8.44. The summed E-state index contributed by atoms with van der Waals surface area (Å²) in [4.78, 5) is 0. The highest BCUT2D eigenvalue weighted by atomic mass is 15.3. The molecule has 3 heteroatoms. The van der Waals surface area contributed by atoms with Crippen LogP contribution in [0.15, 0.2) is 24.5 Å². The Balaban J connectivity index is 2.58. The molecule has 0 aliphatic rings. The molecule has 1 rings (SSSR count). The molecule has 3 nitrogen and oxygen atoms in total. The molecule has 1 unspecified atom stereocenters. The van der Waals surface area contributed by atoms with Crippen molar-refractivity contribution in [2.45, 2.75) is 26.4 Å². The van der Waals surface area contributed by atoms with E-state index in [0.717, 1.165) is 11.1 Å². The van der Waals surface area contributed by atoms with Crippen LogP contribution in [0.2, 0.25) is 0 Å². The molecule has 0 aliphatic heterocycles. The minimum atomic E-state index is 0.00398. The second-order valence-corrected chi connectivity index (χ2v) is 3.19. The number of aryl methyl sites for hydroxylation is 1. The molecular weight excluding hydrogens is 150 g/mol. The Morgan fingerprint density at radius 3 is 2.92 bits per heavy atom. The molecule has 0 bridgehead atoms. The lowest BCUT2D eigenvalue weighted by atomic mass is 10.2. The minimum absolute atomic E-state index is 0.00398. The van der Waals surface area contributed by atoms with Gasteiger partial charge in [-0.15, -0.1) is 0 Å². The Morgan fingerprint density at radius 2 is 2.50 bits per heavy atom. The second kappa shape index (κ2) is 3.54. The maximum atomic E-state index is 5.80. The van der Waals surface area contributed by atoms with Gasteiger partial charge in [0.1, 0.15) is 0 Å². The summed E-state index contributed by atoms with van der Waals surface area (Å²) < 4.78 is 1.84. The first kappa shape index (κ1) is 9.00. The Bertz CT molecular complexity index is 275. The first-order valence-electron chi connectivity index (χ1n) is 3.99.